The summed E-state index contributed by atoms with van der Waals surface area (Å²) in [7, 11) is 2.82. The first-order chi connectivity index (χ1) is 13.0. The summed E-state index contributed by atoms with van der Waals surface area (Å²) in [5.41, 5.74) is 1.29. The maximum atomic E-state index is 12.1. The monoisotopic (exact) mass is 370 g/mol. The second-order valence-corrected chi connectivity index (χ2v) is 5.74. The summed E-state index contributed by atoms with van der Waals surface area (Å²) in [6.07, 6.45) is 0.259. The smallest absolute Gasteiger partial charge is 0.328 e. The highest BCUT2D eigenvalue weighted by atomic mass is 16.5. The van der Waals surface area contributed by atoms with Gasteiger partial charge in [0.05, 0.1) is 20.8 Å². The predicted molar refractivity (Wildman–Crippen MR) is 99.4 cm³/mol. The van der Waals surface area contributed by atoms with Gasteiger partial charge in [-0.1, -0.05) is 30.3 Å². The molecule has 0 aliphatic carbocycles. The minimum atomic E-state index is -0.857. The van der Waals surface area contributed by atoms with Crippen LogP contribution in [0.1, 0.15) is 15.9 Å². The molecule has 0 spiro atoms. The Morgan fingerprint density at radius 3 is 2.22 bits per heavy atom. The zero-order valence-electron chi connectivity index (χ0n) is 15.2. The van der Waals surface area contributed by atoms with E-state index in [1.807, 2.05) is 0 Å². The van der Waals surface area contributed by atoms with Gasteiger partial charge < -0.3 is 20.1 Å². The van der Waals surface area contributed by atoms with Crippen molar-refractivity contribution in [3.8, 4) is 5.75 Å². The van der Waals surface area contributed by atoms with Crippen LogP contribution in [0.4, 0.5) is 0 Å². The maximum absolute atomic E-state index is 12.1. The van der Waals surface area contributed by atoms with E-state index >= 15 is 0 Å². The number of esters is 1. The summed E-state index contributed by atoms with van der Waals surface area (Å²) in [4.78, 5) is 36.1. The molecule has 0 saturated carbocycles. The van der Waals surface area contributed by atoms with E-state index in [9.17, 15) is 14.4 Å². The number of nitrogens with one attached hydrogen (secondary N) is 2. The van der Waals surface area contributed by atoms with Crippen LogP contribution < -0.4 is 15.4 Å². The number of carbonyl (C=O) groups excluding carboxylic acids is 3. The molecule has 0 fully saturated rings. The van der Waals surface area contributed by atoms with Crippen molar-refractivity contribution < 1.29 is 23.9 Å². The Balaban J connectivity index is 1.93. The number of benzene rings is 2. The lowest BCUT2D eigenvalue weighted by molar-refractivity contribution is -0.144. The van der Waals surface area contributed by atoms with Crippen LogP contribution in [0.3, 0.4) is 0 Å². The molecule has 27 heavy (non-hydrogen) atoms. The molecular weight excluding hydrogens is 348 g/mol. The van der Waals surface area contributed by atoms with Crippen LogP contribution >= 0.6 is 0 Å². The Hall–Kier alpha value is -3.35. The van der Waals surface area contributed by atoms with Gasteiger partial charge >= 0.3 is 5.97 Å². The van der Waals surface area contributed by atoms with Gasteiger partial charge in [0.1, 0.15) is 11.8 Å². The van der Waals surface area contributed by atoms with E-state index in [1.54, 1.807) is 61.7 Å². The first kappa shape index (κ1) is 20.0. The molecule has 2 aromatic carbocycles. The molecule has 2 aromatic rings. The third-order valence-corrected chi connectivity index (χ3v) is 3.87. The maximum Gasteiger partial charge on any atom is 0.328 e. The Labute approximate surface area is 157 Å². The summed E-state index contributed by atoms with van der Waals surface area (Å²) in [5.74, 6) is -0.715. The molecule has 7 nitrogen and oxygen atoms in total. The van der Waals surface area contributed by atoms with Gasteiger partial charge in [-0.3, -0.25) is 9.59 Å². The Morgan fingerprint density at radius 2 is 1.63 bits per heavy atom. The fourth-order valence-corrected chi connectivity index (χ4v) is 2.43. The molecule has 0 radical (unpaired) electrons. The largest absolute Gasteiger partial charge is 0.497 e. The molecule has 1 atom stereocenters. The minimum Gasteiger partial charge on any atom is -0.497 e. The number of methoxy groups -OCH3 is 2. The molecule has 2 N–H and O–H groups in total. The van der Waals surface area contributed by atoms with E-state index < -0.39 is 17.9 Å². The highest BCUT2D eigenvalue weighted by molar-refractivity contribution is 5.96. The predicted octanol–water partition coefficient (Wildman–Crippen LogP) is 1.33. The normalized spacial score (nSPS) is 11.2. The van der Waals surface area contributed by atoms with Crippen molar-refractivity contribution in [3.05, 3.63) is 65.7 Å². The molecule has 0 aliphatic rings. The Morgan fingerprint density at radius 1 is 0.963 bits per heavy atom. The first-order valence-corrected chi connectivity index (χ1v) is 8.37. The van der Waals surface area contributed by atoms with Gasteiger partial charge in [-0.25, -0.2) is 4.79 Å². The number of rotatable bonds is 8. The second kappa shape index (κ2) is 9.96. The van der Waals surface area contributed by atoms with Crippen molar-refractivity contribution in [2.45, 2.75) is 12.5 Å². The average molecular weight is 370 g/mol. The third kappa shape index (κ3) is 6.14. The zero-order valence-corrected chi connectivity index (χ0v) is 15.2. The molecule has 0 bridgehead atoms. The molecular formula is C20H22N2O5. The van der Waals surface area contributed by atoms with E-state index in [0.29, 0.717) is 11.3 Å². The molecule has 7 heteroatoms. The molecule has 0 aliphatic heterocycles. The molecule has 2 rings (SSSR count). The third-order valence-electron chi connectivity index (χ3n) is 3.87. The van der Waals surface area contributed by atoms with Gasteiger partial charge in [-0.2, -0.15) is 0 Å². The first-order valence-electron chi connectivity index (χ1n) is 8.37. The molecule has 0 heterocycles. The summed E-state index contributed by atoms with van der Waals surface area (Å²) in [6.45, 7) is -0.246. The lowest BCUT2D eigenvalue weighted by atomic mass is 10.1. The van der Waals surface area contributed by atoms with Crippen LogP contribution in [0.15, 0.2) is 54.6 Å². The number of hydrogen-bond donors (Lipinski definition) is 2. The van der Waals surface area contributed by atoms with Crippen molar-refractivity contribution >= 4 is 17.8 Å². The SMILES string of the molecule is COC(=O)[C@@H](Cc1ccc(OC)cc1)NC(=O)CNC(=O)c1ccccc1. The topological polar surface area (TPSA) is 93.7 Å². The van der Waals surface area contributed by atoms with Crippen molar-refractivity contribution in [2.24, 2.45) is 0 Å². The van der Waals surface area contributed by atoms with Crippen LogP contribution in [0.25, 0.3) is 0 Å². The van der Waals surface area contributed by atoms with Crippen LogP contribution in [-0.4, -0.2) is 44.6 Å². The molecule has 0 saturated heterocycles. The Kier molecular flexibility index (Phi) is 7.37. The standard InChI is InChI=1S/C20H22N2O5/c1-26-16-10-8-14(9-11-16)12-17(20(25)27-2)22-18(23)13-21-19(24)15-6-4-3-5-7-15/h3-11,17H,12-13H2,1-2H3,(H,21,24)(H,22,23)/t17-/m1/s1. The van der Waals surface area contributed by atoms with Crippen LogP contribution in [0.2, 0.25) is 0 Å². The average Bonchev–Trinajstić information content (AvgIpc) is 2.72. The summed E-state index contributed by atoms with van der Waals surface area (Å²) in [5, 5.41) is 5.11. The summed E-state index contributed by atoms with van der Waals surface area (Å²) in [6, 6.07) is 14.8. The van der Waals surface area contributed by atoms with Gasteiger partial charge in [0.25, 0.3) is 5.91 Å². The van der Waals surface area contributed by atoms with E-state index in [2.05, 4.69) is 10.6 Å². The lowest BCUT2D eigenvalue weighted by Crippen LogP contribution is -2.47. The summed E-state index contributed by atoms with van der Waals surface area (Å²) < 4.78 is 9.86. The van der Waals surface area contributed by atoms with Crippen LogP contribution in [-0.2, 0) is 20.7 Å². The van der Waals surface area contributed by atoms with Crippen molar-refractivity contribution in [1.29, 1.82) is 0 Å². The fourth-order valence-electron chi connectivity index (χ4n) is 2.43. The van der Waals surface area contributed by atoms with Crippen molar-refractivity contribution in [3.63, 3.8) is 0 Å². The van der Waals surface area contributed by atoms with E-state index in [0.717, 1.165) is 5.56 Å². The number of amides is 2. The van der Waals surface area contributed by atoms with Crippen LogP contribution in [0, 0.1) is 0 Å². The van der Waals surface area contributed by atoms with E-state index in [4.69, 9.17) is 9.47 Å². The van der Waals surface area contributed by atoms with Gasteiger partial charge in [0, 0.05) is 12.0 Å². The zero-order chi connectivity index (χ0) is 19.6. The summed E-state index contributed by atoms with van der Waals surface area (Å²) >= 11 is 0. The highest BCUT2D eigenvalue weighted by Gasteiger charge is 2.22. The highest BCUT2D eigenvalue weighted by Crippen LogP contribution is 2.13. The quantitative estimate of drug-likeness (QED) is 0.684. The van der Waals surface area contributed by atoms with Crippen molar-refractivity contribution in [2.75, 3.05) is 20.8 Å². The van der Waals surface area contributed by atoms with Crippen molar-refractivity contribution in [1.82, 2.24) is 10.6 Å². The van der Waals surface area contributed by atoms with Gasteiger partial charge in [-0.15, -0.1) is 0 Å². The molecule has 2 amide bonds. The van der Waals surface area contributed by atoms with Crippen LogP contribution in [0.5, 0.6) is 5.75 Å². The number of ether oxygens (including phenoxy) is 2. The minimum absolute atomic E-state index is 0.246. The number of carbonyl (C=O) groups is 3. The fraction of sp³-hybridized carbons (Fsp3) is 0.250. The van der Waals surface area contributed by atoms with Gasteiger partial charge in [0.2, 0.25) is 5.91 Å². The molecule has 0 aromatic heterocycles. The van der Waals surface area contributed by atoms with E-state index in [1.165, 1.54) is 7.11 Å². The van der Waals surface area contributed by atoms with Gasteiger partial charge in [0.15, 0.2) is 0 Å². The lowest BCUT2D eigenvalue weighted by Gasteiger charge is -2.17. The van der Waals surface area contributed by atoms with E-state index in [-0.39, 0.29) is 18.9 Å². The Bertz CT molecular complexity index is 775. The molecule has 0 unspecified atom stereocenters. The second-order valence-electron chi connectivity index (χ2n) is 5.74. The van der Waals surface area contributed by atoms with Gasteiger partial charge in [-0.05, 0) is 29.8 Å². The number of hydrogen-bond acceptors (Lipinski definition) is 5. The molecule has 142 valence electrons.